The average molecular weight is 389 g/mol. The number of halogens is 1. The Labute approximate surface area is 160 Å². The van der Waals surface area contributed by atoms with Crippen LogP contribution in [0.5, 0.6) is 0 Å². The Kier molecular flexibility index (Phi) is 5.03. The van der Waals surface area contributed by atoms with E-state index in [-0.39, 0.29) is 0 Å². The normalized spacial score (nSPS) is 14.5. The van der Waals surface area contributed by atoms with Gasteiger partial charge in [0, 0.05) is 59.5 Å². The third-order valence-electron chi connectivity index (χ3n) is 4.20. The van der Waals surface area contributed by atoms with Crippen LogP contribution in [0, 0.1) is 0 Å². The fraction of sp³-hybridized carbons (Fsp3) is 0.278. The lowest BCUT2D eigenvalue weighted by Gasteiger charge is -2.27. The molecule has 3 heterocycles. The fourth-order valence-corrected chi connectivity index (χ4v) is 4.36. The van der Waals surface area contributed by atoms with Crippen LogP contribution in [-0.2, 0) is 19.5 Å². The third-order valence-corrected chi connectivity index (χ3v) is 6.04. The number of fused-ring (bicyclic) bond motifs is 1. The third kappa shape index (κ3) is 3.87. The molecule has 0 atom stereocenters. The van der Waals surface area contributed by atoms with Gasteiger partial charge in [0.25, 0.3) is 0 Å². The summed E-state index contributed by atoms with van der Waals surface area (Å²) < 4.78 is 0. The highest BCUT2D eigenvalue weighted by Gasteiger charge is 2.19. The second kappa shape index (κ2) is 7.41. The molecule has 1 aromatic carbocycles. The van der Waals surface area contributed by atoms with Crippen molar-refractivity contribution in [3.05, 3.63) is 57.8 Å². The molecular formula is C18H17ClN4S2. The van der Waals surface area contributed by atoms with Gasteiger partial charge in [-0.25, -0.2) is 15.0 Å². The molecule has 0 spiro atoms. The molecule has 4 nitrogen and oxygen atoms in total. The number of thiazole rings is 1. The van der Waals surface area contributed by atoms with Gasteiger partial charge >= 0.3 is 0 Å². The van der Waals surface area contributed by atoms with Crippen LogP contribution in [0.4, 0.5) is 0 Å². The van der Waals surface area contributed by atoms with Gasteiger partial charge in [-0.05, 0) is 18.4 Å². The number of aromatic nitrogens is 3. The predicted molar refractivity (Wildman–Crippen MR) is 104 cm³/mol. The molecule has 2 aromatic heterocycles. The van der Waals surface area contributed by atoms with Crippen molar-refractivity contribution in [3.8, 4) is 10.6 Å². The van der Waals surface area contributed by atoms with Crippen molar-refractivity contribution in [3.63, 3.8) is 0 Å². The molecular weight excluding hydrogens is 372 g/mol. The van der Waals surface area contributed by atoms with Gasteiger partial charge in [-0.1, -0.05) is 35.5 Å². The first-order valence-electron chi connectivity index (χ1n) is 8.03. The SMILES string of the molecule is CSc1ncc2c(n1)CCN(Cc1cnc(-c3ccc(Cl)cc3)s1)C2. The van der Waals surface area contributed by atoms with Gasteiger partial charge in [0.2, 0.25) is 0 Å². The minimum Gasteiger partial charge on any atom is -0.293 e. The zero-order valence-corrected chi connectivity index (χ0v) is 16.2. The lowest BCUT2D eigenvalue weighted by molar-refractivity contribution is 0.244. The van der Waals surface area contributed by atoms with Gasteiger partial charge in [0.1, 0.15) is 5.01 Å². The van der Waals surface area contributed by atoms with E-state index in [1.54, 1.807) is 23.1 Å². The molecule has 0 radical (unpaired) electrons. The minimum absolute atomic E-state index is 0.749. The molecule has 3 aromatic rings. The molecule has 25 heavy (non-hydrogen) atoms. The van der Waals surface area contributed by atoms with Crippen LogP contribution in [0.3, 0.4) is 0 Å². The molecule has 0 saturated heterocycles. The van der Waals surface area contributed by atoms with E-state index in [0.717, 1.165) is 46.8 Å². The molecule has 0 amide bonds. The smallest absolute Gasteiger partial charge is 0.187 e. The van der Waals surface area contributed by atoms with Crippen molar-refractivity contribution < 1.29 is 0 Å². The lowest BCUT2D eigenvalue weighted by Crippen LogP contribution is -2.30. The number of nitrogens with zero attached hydrogens (tertiary/aromatic N) is 4. The summed E-state index contributed by atoms with van der Waals surface area (Å²) in [5.74, 6) is 0. The molecule has 0 saturated carbocycles. The van der Waals surface area contributed by atoms with Crippen LogP contribution in [-0.4, -0.2) is 32.7 Å². The summed E-state index contributed by atoms with van der Waals surface area (Å²) in [7, 11) is 0. The fourth-order valence-electron chi connectivity index (χ4n) is 2.92. The Morgan fingerprint density at radius 2 is 2.04 bits per heavy atom. The Morgan fingerprint density at radius 1 is 1.20 bits per heavy atom. The van der Waals surface area contributed by atoms with E-state index in [9.17, 15) is 0 Å². The van der Waals surface area contributed by atoms with Crippen LogP contribution in [0.1, 0.15) is 16.1 Å². The highest BCUT2D eigenvalue weighted by molar-refractivity contribution is 7.98. The van der Waals surface area contributed by atoms with Crippen molar-refractivity contribution in [1.29, 1.82) is 0 Å². The van der Waals surface area contributed by atoms with Gasteiger partial charge in [-0.3, -0.25) is 4.90 Å². The van der Waals surface area contributed by atoms with Crippen molar-refractivity contribution >= 4 is 34.7 Å². The molecule has 0 bridgehead atoms. The zero-order valence-electron chi connectivity index (χ0n) is 13.8. The quantitative estimate of drug-likeness (QED) is 0.485. The molecule has 7 heteroatoms. The highest BCUT2D eigenvalue weighted by Crippen LogP contribution is 2.28. The van der Waals surface area contributed by atoms with E-state index in [1.807, 2.05) is 42.9 Å². The van der Waals surface area contributed by atoms with Crippen molar-refractivity contribution in [1.82, 2.24) is 19.9 Å². The van der Waals surface area contributed by atoms with Crippen LogP contribution in [0.25, 0.3) is 10.6 Å². The maximum atomic E-state index is 5.96. The predicted octanol–water partition coefficient (Wildman–Crippen LogP) is 4.53. The Morgan fingerprint density at radius 3 is 2.84 bits per heavy atom. The van der Waals surface area contributed by atoms with Crippen molar-refractivity contribution in [2.75, 3.05) is 12.8 Å². The second-order valence-electron chi connectivity index (χ2n) is 5.93. The van der Waals surface area contributed by atoms with Crippen LogP contribution in [0.15, 0.2) is 41.8 Å². The first-order valence-corrected chi connectivity index (χ1v) is 10.4. The summed E-state index contributed by atoms with van der Waals surface area (Å²) in [6, 6.07) is 7.84. The Hall–Kier alpha value is -1.47. The first-order chi connectivity index (χ1) is 12.2. The summed E-state index contributed by atoms with van der Waals surface area (Å²) in [4.78, 5) is 17.3. The summed E-state index contributed by atoms with van der Waals surface area (Å²) >= 11 is 9.30. The molecule has 1 aliphatic heterocycles. The van der Waals surface area contributed by atoms with Crippen LogP contribution >= 0.6 is 34.7 Å². The maximum absolute atomic E-state index is 5.96. The number of hydrogen-bond acceptors (Lipinski definition) is 6. The summed E-state index contributed by atoms with van der Waals surface area (Å²) in [6.07, 6.45) is 6.96. The topological polar surface area (TPSA) is 41.9 Å². The molecule has 1 aliphatic rings. The van der Waals surface area contributed by atoms with Gasteiger partial charge in [-0.15, -0.1) is 11.3 Å². The summed E-state index contributed by atoms with van der Waals surface area (Å²) in [5, 5.41) is 2.65. The van der Waals surface area contributed by atoms with E-state index < -0.39 is 0 Å². The number of rotatable bonds is 4. The van der Waals surface area contributed by atoms with Crippen LogP contribution in [0.2, 0.25) is 5.02 Å². The number of benzene rings is 1. The number of hydrogen-bond donors (Lipinski definition) is 0. The van der Waals surface area contributed by atoms with E-state index >= 15 is 0 Å². The zero-order chi connectivity index (χ0) is 17.2. The molecule has 0 aliphatic carbocycles. The van der Waals surface area contributed by atoms with Gasteiger partial charge in [0.15, 0.2) is 5.16 Å². The van der Waals surface area contributed by atoms with Crippen LogP contribution < -0.4 is 0 Å². The second-order valence-corrected chi connectivity index (χ2v) is 8.25. The average Bonchev–Trinajstić information content (AvgIpc) is 3.10. The molecule has 4 rings (SSSR count). The molecule has 128 valence electrons. The Bertz CT molecular complexity index is 879. The lowest BCUT2D eigenvalue weighted by atomic mass is 10.1. The maximum Gasteiger partial charge on any atom is 0.187 e. The summed E-state index contributed by atoms with van der Waals surface area (Å²) in [5.41, 5.74) is 3.55. The number of thioether (sulfide) groups is 1. The Balaban J connectivity index is 1.45. The van der Waals surface area contributed by atoms with E-state index in [1.165, 1.54) is 16.1 Å². The standard InChI is InChI=1S/C18H17ClN4S2/c1-24-18-21-8-13-10-23(7-6-16(13)22-18)11-15-9-20-17(25-15)12-2-4-14(19)5-3-12/h2-5,8-9H,6-7,10-11H2,1H3. The monoisotopic (exact) mass is 388 g/mol. The van der Waals surface area contributed by atoms with Crippen molar-refractivity contribution in [2.45, 2.75) is 24.7 Å². The van der Waals surface area contributed by atoms with E-state index in [4.69, 9.17) is 11.6 Å². The minimum atomic E-state index is 0.749. The van der Waals surface area contributed by atoms with Crippen molar-refractivity contribution in [2.24, 2.45) is 0 Å². The molecule has 0 unspecified atom stereocenters. The van der Waals surface area contributed by atoms with Gasteiger partial charge < -0.3 is 0 Å². The molecule has 0 fully saturated rings. The van der Waals surface area contributed by atoms with E-state index in [2.05, 4.69) is 19.9 Å². The van der Waals surface area contributed by atoms with Gasteiger partial charge in [0.05, 0.1) is 5.69 Å². The first kappa shape index (κ1) is 17.0. The van der Waals surface area contributed by atoms with Gasteiger partial charge in [-0.2, -0.15) is 0 Å². The summed E-state index contributed by atoms with van der Waals surface area (Å²) in [6.45, 7) is 2.83. The van der Waals surface area contributed by atoms with E-state index in [0.29, 0.717) is 0 Å². The molecule has 0 N–H and O–H groups in total. The highest BCUT2D eigenvalue weighted by atomic mass is 35.5. The largest absolute Gasteiger partial charge is 0.293 e.